The van der Waals surface area contributed by atoms with Crippen molar-refractivity contribution in [2.45, 2.75) is 6.23 Å². The van der Waals surface area contributed by atoms with E-state index in [1.54, 1.807) is 11.3 Å². The summed E-state index contributed by atoms with van der Waals surface area (Å²) < 4.78 is 32.3. The number of oxazole rings is 1. The van der Waals surface area contributed by atoms with Crippen molar-refractivity contribution in [2.75, 3.05) is 5.32 Å². The molecule has 0 fully saturated rings. The molecule has 14 heteroatoms. The quantitative estimate of drug-likeness (QED) is 0.124. The van der Waals surface area contributed by atoms with Crippen LogP contribution in [0.25, 0.3) is 216 Å². The molecule has 1 unspecified atom stereocenters. The second-order valence-corrected chi connectivity index (χ2v) is 29.2. The lowest BCUT2D eigenvalue weighted by atomic mass is 9.94. The molecule has 1 N–H and O–H groups in total. The molecule has 524 valence electrons. The number of aromatic nitrogens is 8. The Morgan fingerprint density at radius 2 is 0.804 bits per heavy atom. The monoisotopic (exact) mass is 1460 g/mol. The highest BCUT2D eigenvalue weighted by molar-refractivity contribution is 7.26. The molecule has 7 aromatic heterocycles. The number of furan rings is 2. The number of rotatable bonds is 12. The molecule has 1 aliphatic rings. The third-order valence-electron chi connectivity index (χ3n) is 21.7. The van der Waals surface area contributed by atoms with Gasteiger partial charge in [-0.1, -0.05) is 255 Å². The highest BCUT2D eigenvalue weighted by atomic mass is 32.1. The topological polar surface area (TPSA) is 156 Å². The molecule has 13 nitrogen and oxygen atoms in total. The maximum absolute atomic E-state index is 7.34. The lowest BCUT2D eigenvalue weighted by Gasteiger charge is -2.17. The van der Waals surface area contributed by atoms with Gasteiger partial charge >= 0.3 is 0 Å². The van der Waals surface area contributed by atoms with Crippen LogP contribution in [0.5, 0.6) is 5.75 Å². The number of para-hydroxylation sites is 7. The minimum Gasteiger partial charge on any atom is -0.464 e. The minimum absolute atomic E-state index is 0.441. The van der Waals surface area contributed by atoms with E-state index in [1.165, 1.54) is 0 Å². The summed E-state index contributed by atoms with van der Waals surface area (Å²) in [5.74, 6) is 4.31. The average Bonchev–Trinajstić information content (AvgIpc) is 1.56. The summed E-state index contributed by atoms with van der Waals surface area (Å²) in [6.45, 7) is 0. The number of thiophene rings is 1. The average molecular weight is 1460 g/mol. The van der Waals surface area contributed by atoms with Crippen LogP contribution in [-0.4, -0.2) is 39.5 Å². The van der Waals surface area contributed by atoms with Crippen LogP contribution in [0.1, 0.15) is 11.8 Å². The lowest BCUT2D eigenvalue weighted by molar-refractivity contribution is 0.260. The molecule has 8 heterocycles. The first-order chi connectivity index (χ1) is 55.5. The van der Waals surface area contributed by atoms with Crippen LogP contribution in [0.2, 0.25) is 0 Å². The Labute approximate surface area is 642 Å². The van der Waals surface area contributed by atoms with Gasteiger partial charge in [-0.2, -0.15) is 9.97 Å². The number of nitrogens with one attached hydrogen (secondary N) is 1. The zero-order chi connectivity index (χ0) is 73.5. The van der Waals surface area contributed by atoms with Crippen molar-refractivity contribution in [3.63, 3.8) is 0 Å². The first kappa shape index (κ1) is 63.1. The molecular formula is C98H57N9O4S. The number of fused-ring (bicyclic) bond motifs is 14. The molecule has 0 aliphatic carbocycles. The highest BCUT2D eigenvalue weighted by Crippen LogP contribution is 2.50. The normalized spacial score (nSPS) is 12.9. The minimum atomic E-state index is -0.512. The Morgan fingerprint density at radius 3 is 1.54 bits per heavy atom. The smallest absolute Gasteiger partial charge is 0.238 e. The van der Waals surface area contributed by atoms with E-state index in [0.717, 1.165) is 164 Å². The predicted molar refractivity (Wildman–Crippen MR) is 450 cm³/mol. The van der Waals surface area contributed by atoms with Crippen LogP contribution in [0, 0.1) is 0 Å². The Kier molecular flexibility index (Phi) is 14.3. The number of nitrogens with zero attached hydrogens (tertiary/aromatic N) is 8. The molecule has 0 bridgehead atoms. The Bertz CT molecular complexity index is 7530. The number of ether oxygens (including phenoxy) is 1. The van der Waals surface area contributed by atoms with Crippen molar-refractivity contribution >= 4 is 114 Å². The van der Waals surface area contributed by atoms with Gasteiger partial charge in [-0.15, -0.1) is 11.3 Å². The van der Waals surface area contributed by atoms with Crippen LogP contribution in [0.15, 0.2) is 347 Å². The predicted octanol–water partition coefficient (Wildman–Crippen LogP) is 25.6. The van der Waals surface area contributed by atoms with Gasteiger partial charge in [0.15, 0.2) is 34.7 Å². The SMILES string of the molecule is c1ccc(-c2ccc3c(c2)c2ccccc2n3-c2nc(-c3ccccc3)nc(-c3cccc4c3oc3c(-c5nc6ccccc6o5)c(-c5ccc(-c6ccc7c(c6)sc6c(-c8nc(-c9ccccc9)nc(-c9cccc%10c9oc9c(C%11Nc%12ccccc%12O%11)c(-c%11ccccc%11)ccc9%10)n8)cccc67)cc5)ccc34)n2)cc1. The molecule has 0 spiro atoms. The maximum atomic E-state index is 7.34. The van der Waals surface area contributed by atoms with Gasteiger partial charge in [0, 0.05) is 69.2 Å². The Hall–Kier alpha value is -15.0. The van der Waals surface area contributed by atoms with Crippen LogP contribution < -0.4 is 10.1 Å². The van der Waals surface area contributed by atoms with E-state index < -0.39 is 6.23 Å². The molecule has 112 heavy (non-hydrogen) atoms. The molecule has 1 atom stereocenters. The number of anilines is 1. The summed E-state index contributed by atoms with van der Waals surface area (Å²) in [4.78, 5) is 37.2. The standard InChI is InChI=1S/C98H57N9O4S/c1-5-22-56(23-6-1)62-47-53-80-76(54-62)66-30-13-16-39-79(66)107(80)98-105-92(61-28-11-4-12-29-61)103-94(106-98)74-35-20-32-69-71-52-50-65(85(89(71)111-87(69)74)97-100-78-38-15-18-41-82(78)109-97)59-44-42-57(43-45-59)63-46-48-67-72-33-21-36-75(90(72)112-83(67)55-63)95-102-91(60-26-9-3-10-27-60)101-93(104-95)73-34-19-31-68-70-51-49-64(58-24-7-2-8-25-58)84(88(70)110-86(68)73)96-99-77-37-14-17-40-81(77)108-96/h1-55,96,99H. The van der Waals surface area contributed by atoms with Crippen LogP contribution in [-0.2, 0) is 0 Å². The van der Waals surface area contributed by atoms with E-state index in [1.807, 2.05) is 140 Å². The molecule has 1 aliphatic heterocycles. The second-order valence-electron chi connectivity index (χ2n) is 28.2. The van der Waals surface area contributed by atoms with Crippen LogP contribution >= 0.6 is 11.3 Å². The number of hydrogen-bond acceptors (Lipinski definition) is 13. The molecule has 23 rings (SSSR count). The van der Waals surface area contributed by atoms with Crippen molar-refractivity contribution in [1.29, 1.82) is 0 Å². The summed E-state index contributed by atoms with van der Waals surface area (Å²) in [6.07, 6.45) is -0.512. The fourth-order valence-electron chi connectivity index (χ4n) is 16.4. The summed E-state index contributed by atoms with van der Waals surface area (Å²) in [7, 11) is 0. The highest BCUT2D eigenvalue weighted by Gasteiger charge is 2.32. The first-order valence-electron chi connectivity index (χ1n) is 37.2. The molecule has 0 amide bonds. The zero-order valence-corrected chi connectivity index (χ0v) is 60.3. The fourth-order valence-corrected chi connectivity index (χ4v) is 17.7. The lowest BCUT2D eigenvalue weighted by Crippen LogP contribution is -2.12. The van der Waals surface area contributed by atoms with Crippen molar-refractivity contribution < 1.29 is 18.0 Å². The second kappa shape index (κ2) is 25.3. The molecule has 0 saturated carbocycles. The molecule has 22 aromatic rings. The van der Waals surface area contributed by atoms with E-state index in [2.05, 4.69) is 204 Å². The van der Waals surface area contributed by atoms with Gasteiger partial charge in [-0.05, 0) is 123 Å². The van der Waals surface area contributed by atoms with Gasteiger partial charge in [-0.25, -0.2) is 24.9 Å². The molecule has 0 saturated heterocycles. The van der Waals surface area contributed by atoms with Gasteiger partial charge in [0.2, 0.25) is 18.1 Å². The zero-order valence-electron chi connectivity index (χ0n) is 59.5. The number of hydrogen-bond donors (Lipinski definition) is 1. The van der Waals surface area contributed by atoms with Crippen molar-refractivity contribution in [3.05, 3.63) is 339 Å². The first-order valence-corrected chi connectivity index (χ1v) is 38.0. The molecule has 15 aromatic carbocycles. The third-order valence-corrected chi connectivity index (χ3v) is 22.9. The summed E-state index contributed by atoms with van der Waals surface area (Å²) in [5.41, 5.74) is 21.0. The van der Waals surface area contributed by atoms with Gasteiger partial charge in [0.25, 0.3) is 0 Å². The fraction of sp³-hybridized carbons (Fsp3) is 0.0102. The van der Waals surface area contributed by atoms with E-state index in [0.29, 0.717) is 68.9 Å². The molecule has 0 radical (unpaired) electrons. The van der Waals surface area contributed by atoms with E-state index in [4.69, 9.17) is 52.9 Å². The summed E-state index contributed by atoms with van der Waals surface area (Å²) in [6, 6.07) is 115. The van der Waals surface area contributed by atoms with Gasteiger partial charge < -0.3 is 23.3 Å². The molecular weight excluding hydrogens is 1400 g/mol. The third kappa shape index (κ3) is 10.3. The largest absolute Gasteiger partial charge is 0.464 e. The van der Waals surface area contributed by atoms with E-state index >= 15 is 0 Å². The van der Waals surface area contributed by atoms with E-state index in [9.17, 15) is 0 Å². The van der Waals surface area contributed by atoms with E-state index in [-0.39, 0.29) is 0 Å². The van der Waals surface area contributed by atoms with Crippen LogP contribution in [0.3, 0.4) is 0 Å². The Balaban J connectivity index is 0.622. The van der Waals surface area contributed by atoms with Gasteiger partial charge in [0.05, 0.1) is 39.0 Å². The van der Waals surface area contributed by atoms with Crippen molar-refractivity contribution in [1.82, 2.24) is 39.5 Å². The van der Waals surface area contributed by atoms with Crippen molar-refractivity contribution in [3.8, 4) is 125 Å². The summed E-state index contributed by atoms with van der Waals surface area (Å²) in [5, 5.41) is 11.8. The maximum Gasteiger partial charge on any atom is 0.238 e. The Morgan fingerprint density at radius 1 is 0.304 bits per heavy atom. The van der Waals surface area contributed by atoms with Gasteiger partial charge in [0.1, 0.15) is 33.6 Å². The van der Waals surface area contributed by atoms with Gasteiger partial charge in [-0.3, -0.25) is 4.57 Å². The number of benzene rings is 15. The van der Waals surface area contributed by atoms with Crippen LogP contribution in [0.4, 0.5) is 5.69 Å². The summed E-state index contributed by atoms with van der Waals surface area (Å²) >= 11 is 1.74. The van der Waals surface area contributed by atoms with Crippen molar-refractivity contribution in [2.24, 2.45) is 0 Å².